The third-order valence-corrected chi connectivity index (χ3v) is 4.91. The maximum atomic E-state index is 12.0. The van der Waals surface area contributed by atoms with Crippen LogP contribution in [0.15, 0.2) is 54.6 Å². The molecule has 3 heteroatoms. The predicted octanol–water partition coefficient (Wildman–Crippen LogP) is 3.62. The molecule has 0 saturated carbocycles. The van der Waals surface area contributed by atoms with Crippen LogP contribution in [0.4, 0.5) is 0 Å². The molecule has 0 unspecified atom stereocenters. The van der Waals surface area contributed by atoms with Crippen LogP contribution in [-0.2, 0) is 10.2 Å². The fourth-order valence-electron chi connectivity index (χ4n) is 3.57. The molecule has 2 aromatic carbocycles. The van der Waals surface area contributed by atoms with Gasteiger partial charge in [-0.05, 0) is 34.9 Å². The van der Waals surface area contributed by atoms with Crippen LogP contribution in [0.1, 0.15) is 55.5 Å². The lowest BCUT2D eigenvalue weighted by molar-refractivity contribution is -0.120. The van der Waals surface area contributed by atoms with E-state index in [0.717, 1.165) is 18.4 Å². The van der Waals surface area contributed by atoms with Crippen LogP contribution in [0.5, 0.6) is 0 Å². The number of hydrogen-bond donors (Lipinski definition) is 2. The number of hydrogen-bond acceptors (Lipinski definition) is 2. The monoisotopic (exact) mass is 308 g/mol. The Morgan fingerprint density at radius 3 is 2.48 bits per heavy atom. The highest BCUT2D eigenvalue weighted by Gasteiger charge is 2.34. The summed E-state index contributed by atoms with van der Waals surface area (Å²) in [6.07, 6.45) is 2.09. The third-order valence-electron chi connectivity index (χ3n) is 4.91. The quantitative estimate of drug-likeness (QED) is 0.906. The normalized spacial score (nSPS) is 20.5. The summed E-state index contributed by atoms with van der Waals surface area (Å²) >= 11 is 0. The van der Waals surface area contributed by atoms with Crippen molar-refractivity contribution in [1.82, 2.24) is 5.32 Å². The van der Waals surface area contributed by atoms with Crippen molar-refractivity contribution in [3.05, 3.63) is 71.3 Å². The van der Waals surface area contributed by atoms with Gasteiger partial charge in [-0.2, -0.15) is 0 Å². The molecule has 23 heavy (non-hydrogen) atoms. The van der Waals surface area contributed by atoms with E-state index in [4.69, 9.17) is 5.73 Å². The molecule has 3 nitrogen and oxygen atoms in total. The summed E-state index contributed by atoms with van der Waals surface area (Å²) in [5.74, 6) is -0.335. The fourth-order valence-corrected chi connectivity index (χ4v) is 3.57. The van der Waals surface area contributed by atoms with Gasteiger partial charge < -0.3 is 5.73 Å². The van der Waals surface area contributed by atoms with Gasteiger partial charge in [0.05, 0.1) is 0 Å². The second-order valence-electron chi connectivity index (χ2n) is 6.98. The van der Waals surface area contributed by atoms with Crippen LogP contribution in [0, 0.1) is 0 Å². The van der Waals surface area contributed by atoms with Crippen molar-refractivity contribution in [2.24, 2.45) is 5.73 Å². The average molecular weight is 308 g/mol. The number of benzene rings is 2. The zero-order valence-corrected chi connectivity index (χ0v) is 13.8. The van der Waals surface area contributed by atoms with Gasteiger partial charge in [-0.25, -0.2) is 0 Å². The van der Waals surface area contributed by atoms with Crippen molar-refractivity contribution in [2.45, 2.75) is 44.2 Å². The predicted molar refractivity (Wildman–Crippen MR) is 93.0 cm³/mol. The molecule has 120 valence electrons. The Morgan fingerprint density at radius 2 is 1.78 bits per heavy atom. The van der Waals surface area contributed by atoms with E-state index in [-0.39, 0.29) is 17.4 Å². The molecule has 0 fully saturated rings. The largest absolute Gasteiger partial charge is 0.368 e. The van der Waals surface area contributed by atoms with Crippen molar-refractivity contribution < 1.29 is 4.79 Å². The van der Waals surface area contributed by atoms with E-state index in [1.807, 2.05) is 30.3 Å². The summed E-state index contributed by atoms with van der Waals surface area (Å²) in [4.78, 5) is 12.0. The summed E-state index contributed by atoms with van der Waals surface area (Å²) in [6, 6.07) is 17.9. The Bertz CT molecular complexity index is 694. The highest BCUT2D eigenvalue weighted by Crippen LogP contribution is 2.42. The lowest BCUT2D eigenvalue weighted by atomic mass is 9.71. The number of nitrogens with two attached hydrogens (primary N) is 1. The van der Waals surface area contributed by atoms with Gasteiger partial charge in [0, 0.05) is 6.04 Å². The number of amides is 1. The summed E-state index contributed by atoms with van der Waals surface area (Å²) in [5.41, 5.74) is 9.39. The lowest BCUT2D eigenvalue weighted by Crippen LogP contribution is -2.39. The standard InChI is InChI=1S/C20H24N2O/c1-20(2)13-12-17(15-10-6-7-11-16(15)20)22-18(19(21)23)14-8-4-3-5-9-14/h3-11,17-18,22H,12-13H2,1-2H3,(H2,21,23)/t17-,18+/m0/s1. The number of rotatable bonds is 4. The van der Waals surface area contributed by atoms with Crippen LogP contribution in [0.25, 0.3) is 0 Å². The van der Waals surface area contributed by atoms with Gasteiger partial charge in [-0.3, -0.25) is 10.1 Å². The summed E-state index contributed by atoms with van der Waals surface area (Å²) in [7, 11) is 0. The zero-order chi connectivity index (χ0) is 16.4. The van der Waals surface area contributed by atoms with E-state index in [9.17, 15) is 4.79 Å². The molecule has 2 aromatic rings. The van der Waals surface area contributed by atoms with Gasteiger partial charge in [0.2, 0.25) is 5.91 Å². The summed E-state index contributed by atoms with van der Waals surface area (Å²) < 4.78 is 0. The van der Waals surface area contributed by atoms with Crippen LogP contribution in [-0.4, -0.2) is 5.91 Å². The van der Waals surface area contributed by atoms with Gasteiger partial charge in [0.25, 0.3) is 0 Å². The Morgan fingerprint density at radius 1 is 1.13 bits per heavy atom. The van der Waals surface area contributed by atoms with Gasteiger partial charge in [0.1, 0.15) is 6.04 Å². The number of primary amides is 1. The van der Waals surface area contributed by atoms with E-state index in [2.05, 4.69) is 43.4 Å². The highest BCUT2D eigenvalue weighted by molar-refractivity contribution is 5.81. The topological polar surface area (TPSA) is 55.1 Å². The summed E-state index contributed by atoms with van der Waals surface area (Å²) in [5, 5.41) is 3.49. The first-order valence-electron chi connectivity index (χ1n) is 8.19. The van der Waals surface area contributed by atoms with Gasteiger partial charge in [-0.15, -0.1) is 0 Å². The maximum Gasteiger partial charge on any atom is 0.239 e. The van der Waals surface area contributed by atoms with E-state index in [1.165, 1.54) is 11.1 Å². The first kappa shape index (κ1) is 15.8. The van der Waals surface area contributed by atoms with E-state index < -0.39 is 6.04 Å². The smallest absolute Gasteiger partial charge is 0.239 e. The van der Waals surface area contributed by atoms with Crippen molar-refractivity contribution in [1.29, 1.82) is 0 Å². The number of carbonyl (C=O) groups excluding carboxylic acids is 1. The molecule has 0 aliphatic heterocycles. The molecule has 0 saturated heterocycles. The number of carbonyl (C=O) groups is 1. The minimum atomic E-state index is -0.463. The molecule has 1 aliphatic carbocycles. The first-order valence-corrected chi connectivity index (χ1v) is 8.19. The molecule has 2 atom stereocenters. The van der Waals surface area contributed by atoms with Crippen LogP contribution in [0.3, 0.4) is 0 Å². The Kier molecular flexibility index (Phi) is 4.22. The molecular weight excluding hydrogens is 284 g/mol. The molecule has 0 radical (unpaired) electrons. The van der Waals surface area contributed by atoms with Gasteiger partial charge >= 0.3 is 0 Å². The number of fused-ring (bicyclic) bond motifs is 1. The van der Waals surface area contributed by atoms with Crippen molar-refractivity contribution >= 4 is 5.91 Å². The van der Waals surface area contributed by atoms with Gasteiger partial charge in [0.15, 0.2) is 0 Å². The van der Waals surface area contributed by atoms with E-state index in [0.29, 0.717) is 0 Å². The molecule has 0 bridgehead atoms. The van der Waals surface area contributed by atoms with Crippen molar-refractivity contribution in [3.63, 3.8) is 0 Å². The molecular formula is C20H24N2O. The van der Waals surface area contributed by atoms with Crippen LogP contribution in [0.2, 0.25) is 0 Å². The second-order valence-corrected chi connectivity index (χ2v) is 6.98. The highest BCUT2D eigenvalue weighted by atomic mass is 16.1. The fraction of sp³-hybridized carbons (Fsp3) is 0.350. The second kappa shape index (κ2) is 6.17. The molecule has 1 amide bonds. The molecule has 0 spiro atoms. The first-order chi connectivity index (χ1) is 11.0. The van der Waals surface area contributed by atoms with E-state index >= 15 is 0 Å². The van der Waals surface area contributed by atoms with E-state index in [1.54, 1.807) is 0 Å². The Hall–Kier alpha value is -2.13. The van der Waals surface area contributed by atoms with Crippen molar-refractivity contribution in [3.8, 4) is 0 Å². The third kappa shape index (κ3) is 3.15. The molecule has 0 heterocycles. The van der Waals surface area contributed by atoms with Crippen LogP contribution < -0.4 is 11.1 Å². The Balaban J connectivity index is 1.92. The Labute approximate surface area is 137 Å². The zero-order valence-electron chi connectivity index (χ0n) is 13.8. The maximum absolute atomic E-state index is 12.0. The molecule has 1 aliphatic rings. The van der Waals surface area contributed by atoms with Crippen molar-refractivity contribution in [2.75, 3.05) is 0 Å². The SMILES string of the molecule is CC1(C)CC[C@H](N[C@@H](C(N)=O)c2ccccc2)c2ccccc21. The molecule has 3 N–H and O–H groups in total. The minimum Gasteiger partial charge on any atom is -0.368 e. The minimum absolute atomic E-state index is 0.150. The number of nitrogens with one attached hydrogen (secondary N) is 1. The average Bonchev–Trinajstić information content (AvgIpc) is 2.55. The van der Waals surface area contributed by atoms with Crippen LogP contribution >= 0.6 is 0 Å². The lowest BCUT2D eigenvalue weighted by Gasteiger charge is -2.38. The van der Waals surface area contributed by atoms with Gasteiger partial charge in [-0.1, -0.05) is 68.4 Å². The molecule has 0 aromatic heterocycles. The molecule has 3 rings (SSSR count). The summed E-state index contributed by atoms with van der Waals surface area (Å²) in [6.45, 7) is 4.57.